The highest BCUT2D eigenvalue weighted by Gasteiger charge is 2.22. The second-order valence-electron chi connectivity index (χ2n) is 5.89. The molecule has 0 saturated heterocycles. The molecule has 154 valence electrons. The zero-order chi connectivity index (χ0) is 20.0. The normalized spacial score (nSPS) is 12.0. The van der Waals surface area contributed by atoms with E-state index in [1.165, 1.54) is 18.2 Å². The van der Waals surface area contributed by atoms with Gasteiger partial charge in [-0.05, 0) is 43.8 Å². The number of anilines is 1. The summed E-state index contributed by atoms with van der Waals surface area (Å²) in [5, 5.41) is 5.83. The average Bonchev–Trinajstić information content (AvgIpc) is 2.62. The van der Waals surface area contributed by atoms with E-state index in [1.807, 2.05) is 13.8 Å². The Kier molecular flexibility index (Phi) is 8.80. The maximum atomic E-state index is 13.8. The third-order valence-corrected chi connectivity index (χ3v) is 5.10. The van der Waals surface area contributed by atoms with Crippen LogP contribution in [-0.2, 0) is 10.0 Å². The van der Waals surface area contributed by atoms with Crippen molar-refractivity contribution in [2.45, 2.75) is 24.8 Å². The molecule has 0 aliphatic rings. The van der Waals surface area contributed by atoms with E-state index in [2.05, 4.69) is 15.4 Å². The molecule has 0 saturated carbocycles. The van der Waals surface area contributed by atoms with Gasteiger partial charge in [-0.1, -0.05) is 19.1 Å². The van der Waals surface area contributed by atoms with Gasteiger partial charge >= 0.3 is 0 Å². The number of hydrogen-bond donors (Lipinski definition) is 3. The highest BCUT2D eigenvalue weighted by molar-refractivity contribution is 7.92. The first kappa shape index (κ1) is 23.8. The number of halogens is 3. The number of para-hydroxylation sites is 1. The van der Waals surface area contributed by atoms with Crippen molar-refractivity contribution >= 4 is 34.0 Å². The smallest absolute Gasteiger partial charge is 0.264 e. The molecule has 0 spiro atoms. The Morgan fingerprint density at radius 2 is 1.82 bits per heavy atom. The number of carbonyl (C=O) groups is 1. The Labute approximate surface area is 169 Å². The Bertz CT molecular complexity index is 926. The van der Waals surface area contributed by atoms with Gasteiger partial charge in [-0.2, -0.15) is 0 Å². The maximum Gasteiger partial charge on any atom is 0.264 e. The van der Waals surface area contributed by atoms with Crippen LogP contribution in [0.1, 0.15) is 24.2 Å². The molecule has 0 heterocycles. The molecule has 1 atom stereocenters. The molecule has 2 aromatic rings. The second-order valence-corrected chi connectivity index (χ2v) is 7.55. The monoisotopic (exact) mass is 433 g/mol. The standard InChI is InChI=1S/C18H21F2N3O3S.ClH/c1-3-21-12(2)11-22-18(24)14-6-4-5-7-16(14)23-27(25,26)17-10-13(19)8-9-15(17)20;/h4-10,12,21,23H,3,11H2,1-2H3,(H,22,24);1H/t12-;/m1./s1. The quantitative estimate of drug-likeness (QED) is 0.597. The molecule has 2 rings (SSSR count). The first-order valence-electron chi connectivity index (χ1n) is 8.33. The minimum absolute atomic E-state index is 0. The van der Waals surface area contributed by atoms with E-state index in [-0.39, 0.29) is 29.7 Å². The summed E-state index contributed by atoms with van der Waals surface area (Å²) in [6.45, 7) is 4.91. The topological polar surface area (TPSA) is 87.3 Å². The van der Waals surface area contributed by atoms with Crippen molar-refractivity contribution in [3.8, 4) is 0 Å². The van der Waals surface area contributed by atoms with Crippen molar-refractivity contribution in [2.75, 3.05) is 17.8 Å². The van der Waals surface area contributed by atoms with Crippen molar-refractivity contribution in [3.63, 3.8) is 0 Å². The van der Waals surface area contributed by atoms with Crippen LogP contribution in [0.2, 0.25) is 0 Å². The van der Waals surface area contributed by atoms with Gasteiger partial charge in [0.15, 0.2) is 0 Å². The number of amides is 1. The molecular weight excluding hydrogens is 412 g/mol. The summed E-state index contributed by atoms with van der Waals surface area (Å²) in [7, 11) is -4.42. The summed E-state index contributed by atoms with van der Waals surface area (Å²) in [4.78, 5) is 11.6. The van der Waals surface area contributed by atoms with Gasteiger partial charge in [0.2, 0.25) is 0 Å². The Morgan fingerprint density at radius 3 is 2.50 bits per heavy atom. The van der Waals surface area contributed by atoms with Crippen molar-refractivity contribution in [2.24, 2.45) is 0 Å². The number of sulfonamides is 1. The van der Waals surface area contributed by atoms with Crippen LogP contribution >= 0.6 is 12.4 Å². The molecule has 2 aromatic carbocycles. The summed E-state index contributed by atoms with van der Waals surface area (Å²) in [5.74, 6) is -2.47. The number of hydrogen-bond acceptors (Lipinski definition) is 4. The summed E-state index contributed by atoms with van der Waals surface area (Å²) in [5.41, 5.74) is 0.0383. The van der Waals surface area contributed by atoms with Crippen molar-refractivity contribution in [3.05, 3.63) is 59.7 Å². The Morgan fingerprint density at radius 1 is 1.14 bits per heavy atom. The maximum absolute atomic E-state index is 13.8. The van der Waals surface area contributed by atoms with Crippen LogP contribution < -0.4 is 15.4 Å². The van der Waals surface area contributed by atoms with Gasteiger partial charge in [0.1, 0.15) is 16.5 Å². The first-order valence-corrected chi connectivity index (χ1v) is 9.81. The molecule has 3 N–H and O–H groups in total. The van der Waals surface area contributed by atoms with E-state index in [0.29, 0.717) is 12.6 Å². The van der Waals surface area contributed by atoms with Gasteiger partial charge in [-0.15, -0.1) is 12.4 Å². The minimum Gasteiger partial charge on any atom is -0.350 e. The lowest BCUT2D eigenvalue weighted by Gasteiger charge is -2.16. The molecule has 10 heteroatoms. The van der Waals surface area contributed by atoms with E-state index in [0.717, 1.165) is 18.7 Å². The number of likely N-dealkylation sites (N-methyl/N-ethyl adjacent to an activating group) is 1. The highest BCUT2D eigenvalue weighted by Crippen LogP contribution is 2.22. The van der Waals surface area contributed by atoms with Crippen molar-refractivity contribution < 1.29 is 22.0 Å². The van der Waals surface area contributed by atoms with Crippen LogP contribution in [0, 0.1) is 11.6 Å². The Balaban J connectivity index is 0.00000392. The van der Waals surface area contributed by atoms with Crippen LogP contribution in [0.5, 0.6) is 0 Å². The fourth-order valence-corrected chi connectivity index (χ4v) is 3.58. The molecule has 28 heavy (non-hydrogen) atoms. The molecule has 1 amide bonds. The SMILES string of the molecule is CCN[C@H](C)CNC(=O)c1ccccc1NS(=O)(=O)c1cc(F)ccc1F.Cl. The van der Waals surface area contributed by atoms with Crippen LogP contribution in [0.3, 0.4) is 0 Å². The molecule has 0 bridgehead atoms. The van der Waals surface area contributed by atoms with E-state index in [4.69, 9.17) is 0 Å². The van der Waals surface area contributed by atoms with Gasteiger partial charge in [0.25, 0.3) is 15.9 Å². The van der Waals surface area contributed by atoms with Gasteiger partial charge < -0.3 is 10.6 Å². The van der Waals surface area contributed by atoms with Gasteiger partial charge in [-0.25, -0.2) is 17.2 Å². The van der Waals surface area contributed by atoms with Crippen molar-refractivity contribution in [1.82, 2.24) is 10.6 Å². The van der Waals surface area contributed by atoms with Crippen LogP contribution in [0.4, 0.5) is 14.5 Å². The summed E-state index contributed by atoms with van der Waals surface area (Å²) < 4.78 is 54.2. The zero-order valence-corrected chi connectivity index (χ0v) is 17.0. The predicted octanol–water partition coefficient (Wildman–Crippen LogP) is 2.92. The Hall–Kier alpha value is -2.23. The van der Waals surface area contributed by atoms with Crippen LogP contribution in [0.25, 0.3) is 0 Å². The molecule has 6 nitrogen and oxygen atoms in total. The molecule has 0 radical (unpaired) electrons. The summed E-state index contributed by atoms with van der Waals surface area (Å²) in [6, 6.07) is 8.07. The average molecular weight is 434 g/mol. The molecule has 0 aromatic heterocycles. The summed E-state index contributed by atoms with van der Waals surface area (Å²) in [6.07, 6.45) is 0. The number of nitrogens with one attached hydrogen (secondary N) is 3. The van der Waals surface area contributed by atoms with Crippen LogP contribution in [0.15, 0.2) is 47.4 Å². The van der Waals surface area contributed by atoms with E-state index in [1.54, 1.807) is 6.07 Å². The fourth-order valence-electron chi connectivity index (χ4n) is 2.41. The zero-order valence-electron chi connectivity index (χ0n) is 15.3. The highest BCUT2D eigenvalue weighted by atomic mass is 35.5. The lowest BCUT2D eigenvalue weighted by atomic mass is 10.1. The number of carbonyl (C=O) groups excluding carboxylic acids is 1. The lowest BCUT2D eigenvalue weighted by Crippen LogP contribution is -2.39. The van der Waals surface area contributed by atoms with E-state index >= 15 is 0 Å². The summed E-state index contributed by atoms with van der Waals surface area (Å²) >= 11 is 0. The predicted molar refractivity (Wildman–Crippen MR) is 106 cm³/mol. The van der Waals surface area contributed by atoms with E-state index in [9.17, 15) is 22.0 Å². The second kappa shape index (κ2) is 10.4. The van der Waals surface area contributed by atoms with Crippen LogP contribution in [-0.4, -0.2) is 33.5 Å². The number of benzene rings is 2. The molecule has 0 unspecified atom stereocenters. The lowest BCUT2D eigenvalue weighted by molar-refractivity contribution is 0.0951. The van der Waals surface area contributed by atoms with Gasteiger partial charge in [0, 0.05) is 12.6 Å². The van der Waals surface area contributed by atoms with E-state index < -0.39 is 32.5 Å². The fraction of sp³-hybridized carbons (Fsp3) is 0.278. The molecule has 0 aliphatic carbocycles. The minimum atomic E-state index is -4.42. The molecule has 0 fully saturated rings. The molecular formula is C18H22ClF2N3O3S. The largest absolute Gasteiger partial charge is 0.350 e. The van der Waals surface area contributed by atoms with Crippen molar-refractivity contribution in [1.29, 1.82) is 0 Å². The third-order valence-electron chi connectivity index (χ3n) is 3.72. The molecule has 0 aliphatic heterocycles. The third kappa shape index (κ3) is 6.15. The van der Waals surface area contributed by atoms with Gasteiger partial charge in [-0.3, -0.25) is 9.52 Å². The first-order chi connectivity index (χ1) is 12.7. The number of rotatable bonds is 8. The van der Waals surface area contributed by atoms with Gasteiger partial charge in [0.05, 0.1) is 11.3 Å².